The minimum atomic E-state index is -0.337. The van der Waals surface area contributed by atoms with Crippen LogP contribution in [-0.4, -0.2) is 5.78 Å². The molecule has 0 saturated carbocycles. The maximum Gasteiger partial charge on any atom is 0.196 e. The van der Waals surface area contributed by atoms with Crippen molar-refractivity contribution in [3.05, 3.63) is 52.4 Å². The van der Waals surface area contributed by atoms with Crippen LogP contribution in [-0.2, 0) is 0 Å². The largest absolute Gasteiger partial charge is 0.288 e. The van der Waals surface area contributed by atoms with Crippen LogP contribution in [0.1, 0.15) is 15.9 Å². The number of carbonyl (C=O) groups is 1. The van der Waals surface area contributed by atoms with Crippen molar-refractivity contribution in [3.8, 4) is 0 Å². The summed E-state index contributed by atoms with van der Waals surface area (Å²) in [7, 11) is 0. The Morgan fingerprint density at radius 3 is 2.47 bits per heavy atom. The fourth-order valence-corrected chi connectivity index (χ4v) is 4.83. The van der Waals surface area contributed by atoms with Crippen LogP contribution in [0.4, 0.5) is 4.39 Å². The van der Waals surface area contributed by atoms with E-state index in [1.54, 1.807) is 6.07 Å². The molecule has 0 spiro atoms. The second-order valence-electron chi connectivity index (χ2n) is 3.19. The van der Waals surface area contributed by atoms with Gasteiger partial charge in [-0.3, -0.25) is 4.79 Å². The smallest absolute Gasteiger partial charge is 0.196 e. The van der Waals surface area contributed by atoms with E-state index in [2.05, 4.69) is 31.9 Å². The van der Waals surface area contributed by atoms with Gasteiger partial charge in [0.1, 0.15) is 5.82 Å². The van der Waals surface area contributed by atoms with E-state index in [0.717, 1.165) is 7.57 Å². The SMILES string of the molecule is O=C(c1ccc(F)cc1I)c1cc(Br)sc1Br. The third-order valence-electron chi connectivity index (χ3n) is 2.08. The minimum absolute atomic E-state index is 0.108. The molecule has 0 radical (unpaired) electrons. The van der Waals surface area contributed by atoms with Gasteiger partial charge in [-0.1, -0.05) is 0 Å². The lowest BCUT2D eigenvalue weighted by Gasteiger charge is -2.02. The van der Waals surface area contributed by atoms with Crippen molar-refractivity contribution in [1.82, 2.24) is 0 Å². The van der Waals surface area contributed by atoms with E-state index < -0.39 is 0 Å². The van der Waals surface area contributed by atoms with Crippen molar-refractivity contribution < 1.29 is 9.18 Å². The molecule has 1 heterocycles. The first kappa shape index (κ1) is 13.6. The molecule has 0 amide bonds. The van der Waals surface area contributed by atoms with Gasteiger partial charge in [0.25, 0.3) is 0 Å². The second kappa shape index (κ2) is 5.46. The van der Waals surface area contributed by atoms with Crippen LogP contribution in [0.5, 0.6) is 0 Å². The Morgan fingerprint density at radius 1 is 1.24 bits per heavy atom. The highest BCUT2D eigenvalue weighted by molar-refractivity contribution is 14.1. The molecule has 17 heavy (non-hydrogen) atoms. The monoisotopic (exact) mass is 488 g/mol. The Balaban J connectivity index is 2.47. The van der Waals surface area contributed by atoms with E-state index in [-0.39, 0.29) is 11.6 Å². The van der Waals surface area contributed by atoms with Crippen molar-refractivity contribution in [2.45, 2.75) is 0 Å². The van der Waals surface area contributed by atoms with E-state index >= 15 is 0 Å². The molecular formula is C11H4Br2FIOS. The Labute approximate surface area is 132 Å². The van der Waals surface area contributed by atoms with Crippen molar-refractivity contribution in [2.75, 3.05) is 0 Å². The van der Waals surface area contributed by atoms with Crippen molar-refractivity contribution >= 4 is 71.6 Å². The summed E-state index contributed by atoms with van der Waals surface area (Å²) >= 11 is 10.1. The molecule has 6 heteroatoms. The predicted octanol–water partition coefficient (Wildman–Crippen LogP) is 5.25. The topological polar surface area (TPSA) is 17.1 Å². The Kier molecular flexibility index (Phi) is 4.38. The Bertz CT molecular complexity index is 597. The Morgan fingerprint density at radius 2 is 1.94 bits per heavy atom. The van der Waals surface area contributed by atoms with Crippen LogP contribution < -0.4 is 0 Å². The number of halogens is 4. The maximum absolute atomic E-state index is 13.0. The highest BCUT2D eigenvalue weighted by atomic mass is 127. The second-order valence-corrected chi connectivity index (χ2v) is 8.10. The van der Waals surface area contributed by atoms with Gasteiger partial charge in [-0.15, -0.1) is 11.3 Å². The van der Waals surface area contributed by atoms with Crippen LogP contribution in [0, 0.1) is 9.39 Å². The number of benzene rings is 1. The third kappa shape index (κ3) is 2.97. The van der Waals surface area contributed by atoms with Gasteiger partial charge in [0, 0.05) is 14.7 Å². The van der Waals surface area contributed by atoms with Gasteiger partial charge >= 0.3 is 0 Å². The van der Waals surface area contributed by atoms with E-state index in [4.69, 9.17) is 0 Å². The van der Waals surface area contributed by atoms with Gasteiger partial charge in [-0.25, -0.2) is 4.39 Å². The molecule has 1 nitrogen and oxygen atoms in total. The zero-order valence-corrected chi connectivity index (χ0v) is 14.3. The average molecular weight is 490 g/mol. The zero-order valence-electron chi connectivity index (χ0n) is 8.14. The summed E-state index contributed by atoms with van der Waals surface area (Å²) < 4.78 is 15.2. The van der Waals surface area contributed by atoms with E-state index in [1.165, 1.54) is 29.5 Å². The predicted molar refractivity (Wildman–Crippen MR) is 82.3 cm³/mol. The molecule has 0 saturated heterocycles. The molecule has 0 unspecified atom stereocenters. The van der Waals surface area contributed by atoms with Gasteiger partial charge in [-0.2, -0.15) is 0 Å². The highest BCUT2D eigenvalue weighted by Crippen LogP contribution is 2.33. The molecule has 2 aromatic rings. The van der Waals surface area contributed by atoms with Crippen LogP contribution in [0.3, 0.4) is 0 Å². The standard InChI is InChI=1S/C11H4Br2FIOS/c12-9-4-7(11(13)17-9)10(16)6-2-1-5(14)3-8(6)15/h1-4H. The Hall–Kier alpha value is 0.210. The summed E-state index contributed by atoms with van der Waals surface area (Å²) in [5.41, 5.74) is 1.10. The molecule has 0 aliphatic rings. The summed E-state index contributed by atoms with van der Waals surface area (Å²) in [6, 6.07) is 5.92. The molecule has 0 atom stereocenters. The fraction of sp³-hybridized carbons (Fsp3) is 0. The number of rotatable bonds is 2. The summed E-state index contributed by atoms with van der Waals surface area (Å²) in [6.07, 6.45) is 0. The zero-order chi connectivity index (χ0) is 12.6. The van der Waals surface area contributed by atoms with Crippen molar-refractivity contribution in [2.24, 2.45) is 0 Å². The minimum Gasteiger partial charge on any atom is -0.288 e. The van der Waals surface area contributed by atoms with Crippen molar-refractivity contribution in [3.63, 3.8) is 0 Å². The molecule has 0 aliphatic heterocycles. The molecule has 0 bridgehead atoms. The molecule has 1 aromatic heterocycles. The summed E-state index contributed by atoms with van der Waals surface area (Å²) in [5.74, 6) is -0.445. The number of hydrogen-bond donors (Lipinski definition) is 0. The number of hydrogen-bond acceptors (Lipinski definition) is 2. The van der Waals surface area contributed by atoms with Crippen LogP contribution >= 0.6 is 65.8 Å². The average Bonchev–Trinajstić information content (AvgIpc) is 2.57. The molecule has 0 fully saturated rings. The third-order valence-corrected chi connectivity index (χ3v) is 5.31. The molecule has 2 rings (SSSR count). The quantitative estimate of drug-likeness (QED) is 0.416. The molecule has 1 aromatic carbocycles. The highest BCUT2D eigenvalue weighted by Gasteiger charge is 2.18. The molecule has 88 valence electrons. The molecule has 0 N–H and O–H groups in total. The van der Waals surface area contributed by atoms with Gasteiger partial charge in [0.15, 0.2) is 5.78 Å². The first-order chi connectivity index (χ1) is 7.99. The van der Waals surface area contributed by atoms with E-state index in [0.29, 0.717) is 14.7 Å². The summed E-state index contributed by atoms with van der Waals surface area (Å²) in [6.45, 7) is 0. The number of carbonyl (C=O) groups excluding carboxylic acids is 1. The van der Waals surface area contributed by atoms with Gasteiger partial charge < -0.3 is 0 Å². The lowest BCUT2D eigenvalue weighted by molar-refractivity contribution is 0.103. The summed E-state index contributed by atoms with van der Waals surface area (Å²) in [5, 5.41) is 0. The fourth-order valence-electron chi connectivity index (χ4n) is 1.31. The lowest BCUT2D eigenvalue weighted by Crippen LogP contribution is -2.03. The van der Waals surface area contributed by atoms with Crippen LogP contribution in [0.25, 0.3) is 0 Å². The van der Waals surface area contributed by atoms with E-state index in [9.17, 15) is 9.18 Å². The van der Waals surface area contributed by atoms with Crippen LogP contribution in [0.2, 0.25) is 0 Å². The number of thiophene rings is 1. The van der Waals surface area contributed by atoms with Gasteiger partial charge in [0.05, 0.1) is 7.57 Å². The molecular weight excluding hydrogens is 486 g/mol. The first-order valence-corrected chi connectivity index (χ1v) is 7.91. The lowest BCUT2D eigenvalue weighted by atomic mass is 10.1. The first-order valence-electron chi connectivity index (χ1n) is 4.43. The summed E-state index contributed by atoms with van der Waals surface area (Å²) in [4.78, 5) is 12.2. The number of ketones is 1. The van der Waals surface area contributed by atoms with Crippen LogP contribution in [0.15, 0.2) is 31.8 Å². The molecule has 0 aliphatic carbocycles. The van der Waals surface area contributed by atoms with Gasteiger partial charge in [-0.05, 0) is 78.7 Å². The maximum atomic E-state index is 13.0. The normalized spacial score (nSPS) is 10.6. The van der Waals surface area contributed by atoms with E-state index in [1.807, 2.05) is 22.6 Å². The van der Waals surface area contributed by atoms with Crippen molar-refractivity contribution in [1.29, 1.82) is 0 Å². The van der Waals surface area contributed by atoms with Gasteiger partial charge in [0.2, 0.25) is 0 Å².